The quantitative estimate of drug-likeness (QED) is 0.649. The maximum absolute atomic E-state index is 11.2. The molecule has 0 saturated carbocycles. The lowest BCUT2D eigenvalue weighted by Gasteiger charge is -2.04. The smallest absolute Gasteiger partial charge is 0.223 e. The first-order valence-electron chi connectivity index (χ1n) is 3.96. The first-order valence-corrected chi connectivity index (χ1v) is 4.84. The minimum atomic E-state index is 0.0633. The molecule has 12 heavy (non-hydrogen) atoms. The zero-order chi connectivity index (χ0) is 8.55. The van der Waals surface area contributed by atoms with Gasteiger partial charge < -0.3 is 5.32 Å². The Morgan fingerprint density at radius 2 is 2.58 bits per heavy atom. The summed E-state index contributed by atoms with van der Waals surface area (Å²) < 4.78 is 0. The van der Waals surface area contributed by atoms with E-state index in [-0.39, 0.29) is 11.8 Å². The maximum atomic E-state index is 11.2. The van der Waals surface area contributed by atoms with Gasteiger partial charge in [-0.3, -0.25) is 4.79 Å². The molecule has 0 saturated heterocycles. The van der Waals surface area contributed by atoms with Gasteiger partial charge in [-0.05, 0) is 0 Å². The summed E-state index contributed by atoms with van der Waals surface area (Å²) in [7, 11) is 0. The van der Waals surface area contributed by atoms with Gasteiger partial charge in [-0.1, -0.05) is 6.92 Å². The number of hydrogen-bond donors (Lipinski definition) is 1. The van der Waals surface area contributed by atoms with Crippen LogP contribution in [0, 0.1) is 5.92 Å². The van der Waals surface area contributed by atoms with Gasteiger partial charge in [-0.2, -0.15) is 0 Å². The number of aromatic nitrogens is 1. The van der Waals surface area contributed by atoms with Crippen molar-refractivity contribution in [3.63, 3.8) is 0 Å². The van der Waals surface area contributed by atoms with Crippen LogP contribution in [0.15, 0.2) is 5.51 Å². The highest BCUT2D eigenvalue weighted by molar-refractivity contribution is 7.09. The van der Waals surface area contributed by atoms with E-state index in [2.05, 4.69) is 10.3 Å². The number of carbonyl (C=O) groups excluding carboxylic acids is 1. The maximum Gasteiger partial charge on any atom is 0.223 e. The molecule has 0 aliphatic carbocycles. The van der Waals surface area contributed by atoms with Crippen molar-refractivity contribution < 1.29 is 4.79 Å². The molecule has 0 aromatic carbocycles. The van der Waals surface area contributed by atoms with E-state index >= 15 is 0 Å². The predicted molar refractivity (Wildman–Crippen MR) is 46.8 cm³/mol. The summed E-state index contributed by atoms with van der Waals surface area (Å²) in [5.41, 5.74) is 2.93. The molecule has 2 rings (SSSR count). The second kappa shape index (κ2) is 2.86. The molecule has 1 unspecified atom stereocenters. The topological polar surface area (TPSA) is 42.0 Å². The molecule has 3 nitrogen and oxygen atoms in total. The molecular weight excluding hydrogens is 172 g/mol. The monoisotopic (exact) mass is 182 g/mol. The largest absolute Gasteiger partial charge is 0.351 e. The van der Waals surface area contributed by atoms with Crippen molar-refractivity contribution >= 4 is 17.2 Å². The van der Waals surface area contributed by atoms with Gasteiger partial charge in [-0.25, -0.2) is 4.98 Å². The second-order valence-electron chi connectivity index (χ2n) is 3.05. The molecule has 1 amide bonds. The minimum Gasteiger partial charge on any atom is -0.351 e. The zero-order valence-electron chi connectivity index (χ0n) is 6.83. The number of thiazole rings is 1. The van der Waals surface area contributed by atoms with Crippen LogP contribution < -0.4 is 5.32 Å². The Hall–Kier alpha value is -0.900. The molecular formula is C8H10N2OS. The lowest BCUT2D eigenvalue weighted by molar-refractivity contribution is -0.124. The highest BCUT2D eigenvalue weighted by Gasteiger charge is 2.20. The summed E-state index contributed by atoms with van der Waals surface area (Å²) in [4.78, 5) is 16.7. The molecule has 0 fully saturated rings. The standard InChI is InChI=1S/C8H10N2OS/c1-5-2-6-7(12-4-10-6)3-9-8(5)11/h4-5H,2-3H2,1H3,(H,9,11). The van der Waals surface area contributed by atoms with Crippen LogP contribution in [0.1, 0.15) is 17.5 Å². The highest BCUT2D eigenvalue weighted by atomic mass is 32.1. The van der Waals surface area contributed by atoms with Crippen molar-refractivity contribution in [3.8, 4) is 0 Å². The Balaban J connectivity index is 2.30. The van der Waals surface area contributed by atoms with Gasteiger partial charge in [0.1, 0.15) is 0 Å². The molecule has 1 atom stereocenters. The van der Waals surface area contributed by atoms with E-state index in [1.807, 2.05) is 12.4 Å². The fourth-order valence-corrected chi connectivity index (χ4v) is 2.06. The molecule has 1 aliphatic heterocycles. The van der Waals surface area contributed by atoms with Gasteiger partial charge in [0.2, 0.25) is 5.91 Å². The van der Waals surface area contributed by atoms with Crippen molar-refractivity contribution in [1.82, 2.24) is 10.3 Å². The van der Waals surface area contributed by atoms with Gasteiger partial charge >= 0.3 is 0 Å². The zero-order valence-corrected chi connectivity index (χ0v) is 7.65. The van der Waals surface area contributed by atoms with Crippen molar-refractivity contribution in [3.05, 3.63) is 16.1 Å². The van der Waals surface area contributed by atoms with Gasteiger partial charge in [-0.15, -0.1) is 11.3 Å². The lowest BCUT2D eigenvalue weighted by Crippen LogP contribution is -2.26. The third kappa shape index (κ3) is 1.22. The van der Waals surface area contributed by atoms with Gasteiger partial charge in [0.25, 0.3) is 0 Å². The summed E-state index contributed by atoms with van der Waals surface area (Å²) >= 11 is 1.62. The van der Waals surface area contributed by atoms with Crippen molar-refractivity contribution in [2.45, 2.75) is 19.9 Å². The molecule has 1 aliphatic rings. The second-order valence-corrected chi connectivity index (χ2v) is 3.98. The summed E-state index contributed by atoms with van der Waals surface area (Å²) in [5, 5.41) is 2.87. The molecule has 0 spiro atoms. The van der Waals surface area contributed by atoms with Crippen LogP contribution in [0.2, 0.25) is 0 Å². The minimum absolute atomic E-state index is 0.0633. The Morgan fingerprint density at radius 3 is 3.42 bits per heavy atom. The Labute approximate surface area is 74.8 Å². The van der Waals surface area contributed by atoms with E-state index in [1.165, 1.54) is 4.88 Å². The molecule has 1 N–H and O–H groups in total. The SMILES string of the molecule is CC1Cc2ncsc2CNC1=O. The van der Waals surface area contributed by atoms with Crippen LogP contribution in [0.3, 0.4) is 0 Å². The average molecular weight is 182 g/mol. The van der Waals surface area contributed by atoms with E-state index in [9.17, 15) is 4.79 Å². The predicted octanol–water partition coefficient (Wildman–Crippen LogP) is 0.952. The Kier molecular flexibility index (Phi) is 1.84. The van der Waals surface area contributed by atoms with Crippen LogP contribution >= 0.6 is 11.3 Å². The molecule has 4 heteroatoms. The Bertz CT molecular complexity index is 308. The van der Waals surface area contributed by atoms with E-state index in [0.717, 1.165) is 12.1 Å². The molecule has 64 valence electrons. The third-order valence-electron chi connectivity index (χ3n) is 2.10. The van der Waals surface area contributed by atoms with Crippen LogP contribution in [-0.2, 0) is 17.8 Å². The summed E-state index contributed by atoms with van der Waals surface area (Å²) in [5.74, 6) is 0.202. The number of carbonyl (C=O) groups is 1. The molecule has 0 radical (unpaired) electrons. The van der Waals surface area contributed by atoms with Crippen LogP contribution in [0.25, 0.3) is 0 Å². The number of hydrogen-bond acceptors (Lipinski definition) is 3. The Morgan fingerprint density at radius 1 is 1.75 bits per heavy atom. The number of amides is 1. The fraction of sp³-hybridized carbons (Fsp3) is 0.500. The van der Waals surface area contributed by atoms with Crippen LogP contribution in [0.5, 0.6) is 0 Å². The van der Waals surface area contributed by atoms with Crippen molar-refractivity contribution in [2.75, 3.05) is 0 Å². The number of nitrogens with zero attached hydrogens (tertiary/aromatic N) is 1. The van der Waals surface area contributed by atoms with Crippen molar-refractivity contribution in [1.29, 1.82) is 0 Å². The lowest BCUT2D eigenvalue weighted by atomic mass is 10.1. The molecule has 1 aromatic heterocycles. The number of nitrogens with one attached hydrogen (secondary N) is 1. The van der Waals surface area contributed by atoms with E-state index in [4.69, 9.17) is 0 Å². The molecule has 1 aromatic rings. The molecule has 0 bridgehead atoms. The van der Waals surface area contributed by atoms with E-state index in [1.54, 1.807) is 11.3 Å². The van der Waals surface area contributed by atoms with Crippen LogP contribution in [0.4, 0.5) is 0 Å². The normalized spacial score (nSPS) is 22.8. The van der Waals surface area contributed by atoms with E-state index in [0.29, 0.717) is 6.54 Å². The number of rotatable bonds is 0. The summed E-state index contributed by atoms with van der Waals surface area (Å²) in [6, 6.07) is 0. The third-order valence-corrected chi connectivity index (χ3v) is 2.97. The first-order chi connectivity index (χ1) is 5.77. The molecule has 2 heterocycles. The highest BCUT2D eigenvalue weighted by Crippen LogP contribution is 2.19. The number of fused-ring (bicyclic) bond motifs is 1. The van der Waals surface area contributed by atoms with E-state index < -0.39 is 0 Å². The average Bonchev–Trinajstić information content (AvgIpc) is 2.43. The van der Waals surface area contributed by atoms with Crippen LogP contribution in [-0.4, -0.2) is 10.9 Å². The van der Waals surface area contributed by atoms with Gasteiger partial charge in [0.05, 0.1) is 17.7 Å². The summed E-state index contributed by atoms with van der Waals surface area (Å²) in [6.07, 6.45) is 0.782. The van der Waals surface area contributed by atoms with Crippen molar-refractivity contribution in [2.24, 2.45) is 5.92 Å². The first kappa shape index (κ1) is 7.73. The van der Waals surface area contributed by atoms with Gasteiger partial charge in [0, 0.05) is 17.2 Å². The van der Waals surface area contributed by atoms with Gasteiger partial charge in [0.15, 0.2) is 0 Å². The summed E-state index contributed by atoms with van der Waals surface area (Å²) in [6.45, 7) is 2.59. The fourth-order valence-electron chi connectivity index (χ4n) is 1.33.